The maximum absolute atomic E-state index is 4.37. The Morgan fingerprint density at radius 1 is 1.39 bits per heavy atom. The molecule has 1 fully saturated rings. The topological polar surface area (TPSA) is 85.2 Å². The third kappa shape index (κ3) is 1.64. The van der Waals surface area contributed by atoms with Gasteiger partial charge in [-0.25, -0.2) is 15.0 Å². The molecule has 3 heterocycles. The number of rotatable bonds is 3. The average molecular weight is 241 g/mol. The normalized spacial score (nSPS) is 15.3. The zero-order valence-electron chi connectivity index (χ0n) is 9.61. The molecule has 3 aromatic rings. The number of nitrogens with one attached hydrogen (secondary N) is 1. The van der Waals surface area contributed by atoms with Crippen LogP contribution in [0, 0.1) is 5.92 Å². The highest BCUT2D eigenvalue weighted by atomic mass is 15.4. The van der Waals surface area contributed by atoms with Crippen molar-refractivity contribution in [3.8, 4) is 11.5 Å². The van der Waals surface area contributed by atoms with Crippen LogP contribution in [0.25, 0.3) is 22.7 Å². The van der Waals surface area contributed by atoms with Crippen molar-refractivity contribution in [3.05, 3.63) is 18.7 Å². The summed E-state index contributed by atoms with van der Waals surface area (Å²) in [4.78, 5) is 15.5. The molecule has 0 saturated heterocycles. The lowest BCUT2D eigenvalue weighted by Gasteiger charge is -1.93. The van der Waals surface area contributed by atoms with Crippen LogP contribution in [-0.4, -0.2) is 34.9 Å². The highest BCUT2D eigenvalue weighted by Gasteiger charge is 2.22. The monoisotopic (exact) mass is 241 g/mol. The summed E-state index contributed by atoms with van der Waals surface area (Å²) < 4.78 is 1.88. The molecule has 7 heteroatoms. The molecule has 1 saturated carbocycles. The van der Waals surface area contributed by atoms with Gasteiger partial charge in [-0.2, -0.15) is 0 Å². The van der Waals surface area contributed by atoms with Gasteiger partial charge >= 0.3 is 0 Å². The van der Waals surface area contributed by atoms with Crippen LogP contribution in [0.5, 0.6) is 0 Å². The van der Waals surface area contributed by atoms with Gasteiger partial charge in [0.15, 0.2) is 11.5 Å². The van der Waals surface area contributed by atoms with Gasteiger partial charge in [0.2, 0.25) is 0 Å². The summed E-state index contributed by atoms with van der Waals surface area (Å²) in [6, 6.07) is 0. The van der Waals surface area contributed by atoms with Crippen molar-refractivity contribution >= 4 is 11.2 Å². The first-order valence-electron chi connectivity index (χ1n) is 5.95. The number of hydrogen-bond donors (Lipinski definition) is 1. The van der Waals surface area contributed by atoms with Crippen LogP contribution < -0.4 is 0 Å². The van der Waals surface area contributed by atoms with E-state index in [2.05, 4.69) is 30.2 Å². The number of hydrogen-bond acceptors (Lipinski definition) is 5. The molecule has 4 rings (SSSR count). The van der Waals surface area contributed by atoms with Crippen LogP contribution in [0.3, 0.4) is 0 Å². The van der Waals surface area contributed by atoms with E-state index in [1.54, 1.807) is 6.20 Å². The molecule has 0 bridgehead atoms. The Morgan fingerprint density at radius 3 is 3.17 bits per heavy atom. The molecule has 1 aliphatic carbocycles. The fourth-order valence-corrected chi connectivity index (χ4v) is 1.94. The highest BCUT2D eigenvalue weighted by Crippen LogP contribution is 2.30. The lowest BCUT2D eigenvalue weighted by Crippen LogP contribution is -1.99. The molecule has 0 aromatic carbocycles. The molecule has 0 radical (unpaired) electrons. The Labute approximate surface area is 102 Å². The lowest BCUT2D eigenvalue weighted by molar-refractivity contribution is 0.544. The third-order valence-electron chi connectivity index (χ3n) is 3.09. The van der Waals surface area contributed by atoms with Gasteiger partial charge < -0.3 is 4.98 Å². The van der Waals surface area contributed by atoms with E-state index in [4.69, 9.17) is 0 Å². The average Bonchev–Trinajstić information content (AvgIpc) is 2.92. The first kappa shape index (κ1) is 9.69. The fourth-order valence-electron chi connectivity index (χ4n) is 1.94. The summed E-state index contributed by atoms with van der Waals surface area (Å²) in [5.74, 6) is 1.47. The summed E-state index contributed by atoms with van der Waals surface area (Å²) >= 11 is 0. The summed E-state index contributed by atoms with van der Waals surface area (Å²) in [5, 5.41) is 8.25. The molecular weight excluding hydrogens is 230 g/mol. The molecule has 0 aliphatic heterocycles. The highest BCUT2D eigenvalue weighted by molar-refractivity contribution is 5.73. The molecule has 3 aromatic heterocycles. The zero-order valence-corrected chi connectivity index (χ0v) is 9.61. The van der Waals surface area contributed by atoms with Crippen molar-refractivity contribution < 1.29 is 0 Å². The second-order valence-corrected chi connectivity index (χ2v) is 4.61. The number of aromatic nitrogens is 7. The summed E-state index contributed by atoms with van der Waals surface area (Å²) in [6.45, 7) is 0.951. The van der Waals surface area contributed by atoms with Gasteiger partial charge in [-0.15, -0.1) is 5.10 Å². The van der Waals surface area contributed by atoms with E-state index >= 15 is 0 Å². The maximum Gasteiger partial charge on any atom is 0.181 e. The van der Waals surface area contributed by atoms with Gasteiger partial charge in [0.25, 0.3) is 0 Å². The molecule has 1 N–H and O–H groups in total. The molecule has 0 atom stereocenters. The van der Waals surface area contributed by atoms with Gasteiger partial charge in [0.05, 0.1) is 12.4 Å². The van der Waals surface area contributed by atoms with Crippen LogP contribution in [0.2, 0.25) is 0 Å². The Morgan fingerprint density at radius 2 is 2.33 bits per heavy atom. The molecule has 0 unspecified atom stereocenters. The number of aromatic amines is 1. The minimum atomic E-state index is 0.650. The van der Waals surface area contributed by atoms with Crippen LogP contribution in [0.4, 0.5) is 0 Å². The van der Waals surface area contributed by atoms with E-state index in [1.807, 2.05) is 10.9 Å². The largest absolute Gasteiger partial charge is 0.334 e. The molecule has 0 amide bonds. The Kier molecular flexibility index (Phi) is 1.93. The molecule has 1 aliphatic rings. The number of nitrogens with zero attached hydrogens (tertiary/aromatic N) is 6. The summed E-state index contributed by atoms with van der Waals surface area (Å²) in [6.07, 6.45) is 7.71. The minimum Gasteiger partial charge on any atom is -0.334 e. The van der Waals surface area contributed by atoms with Gasteiger partial charge in [-0.1, -0.05) is 5.21 Å². The number of H-pyrrole nitrogens is 1. The summed E-state index contributed by atoms with van der Waals surface area (Å²) in [7, 11) is 0. The van der Waals surface area contributed by atoms with Crippen LogP contribution in [0.1, 0.15) is 12.8 Å². The van der Waals surface area contributed by atoms with Crippen LogP contribution in [-0.2, 0) is 6.54 Å². The van der Waals surface area contributed by atoms with Crippen molar-refractivity contribution in [2.24, 2.45) is 5.92 Å². The van der Waals surface area contributed by atoms with E-state index in [-0.39, 0.29) is 0 Å². The second kappa shape index (κ2) is 3.59. The lowest BCUT2D eigenvalue weighted by atomic mass is 10.4. The Bertz CT molecular complexity index is 661. The Hall–Kier alpha value is -2.31. The fraction of sp³-hybridized carbons (Fsp3) is 0.364. The van der Waals surface area contributed by atoms with Crippen LogP contribution in [0.15, 0.2) is 18.7 Å². The smallest absolute Gasteiger partial charge is 0.181 e. The van der Waals surface area contributed by atoms with Crippen molar-refractivity contribution in [2.75, 3.05) is 0 Å². The van der Waals surface area contributed by atoms with Gasteiger partial charge in [-0.05, 0) is 18.8 Å². The molecular formula is C11H11N7. The van der Waals surface area contributed by atoms with Gasteiger partial charge in [0, 0.05) is 6.54 Å². The quantitative estimate of drug-likeness (QED) is 0.740. The van der Waals surface area contributed by atoms with Gasteiger partial charge in [0.1, 0.15) is 17.5 Å². The van der Waals surface area contributed by atoms with Crippen molar-refractivity contribution in [1.29, 1.82) is 0 Å². The van der Waals surface area contributed by atoms with Crippen molar-refractivity contribution in [1.82, 2.24) is 34.9 Å². The molecule has 90 valence electrons. The van der Waals surface area contributed by atoms with E-state index in [1.165, 1.54) is 19.2 Å². The molecule has 7 nitrogen and oxygen atoms in total. The standard InChI is InChI=1S/C11H11N7/c1-2-7(1)4-18-5-9(16-17-18)11-14-8-3-12-6-13-10(8)15-11/h3,5-7H,1-2,4H2,(H,12,13,14,15). The number of fused-ring (bicyclic) bond motifs is 1. The van der Waals surface area contributed by atoms with Crippen LogP contribution >= 0.6 is 0 Å². The van der Waals surface area contributed by atoms with E-state index < -0.39 is 0 Å². The minimum absolute atomic E-state index is 0.650. The van der Waals surface area contributed by atoms with E-state index in [0.717, 1.165) is 23.7 Å². The van der Waals surface area contributed by atoms with Crippen molar-refractivity contribution in [3.63, 3.8) is 0 Å². The summed E-state index contributed by atoms with van der Waals surface area (Å²) in [5.41, 5.74) is 2.20. The SMILES string of the molecule is c1ncc2[nH]c(-c3cn(CC4CC4)nn3)nc2n1. The van der Waals surface area contributed by atoms with Gasteiger partial charge in [-0.3, -0.25) is 4.68 Å². The zero-order chi connectivity index (χ0) is 11.9. The Balaban J connectivity index is 1.70. The predicted octanol–water partition coefficient (Wildman–Crippen LogP) is 1.02. The number of imidazole rings is 1. The second-order valence-electron chi connectivity index (χ2n) is 4.61. The maximum atomic E-state index is 4.37. The third-order valence-corrected chi connectivity index (χ3v) is 3.09. The van der Waals surface area contributed by atoms with E-state index in [9.17, 15) is 0 Å². The first-order chi connectivity index (χ1) is 8.88. The molecule has 0 spiro atoms. The van der Waals surface area contributed by atoms with E-state index in [0.29, 0.717) is 11.5 Å². The predicted molar refractivity (Wildman–Crippen MR) is 63.4 cm³/mol. The first-order valence-corrected chi connectivity index (χ1v) is 5.95. The molecule has 18 heavy (non-hydrogen) atoms. The van der Waals surface area contributed by atoms with Crippen molar-refractivity contribution in [2.45, 2.75) is 19.4 Å².